The minimum absolute atomic E-state index is 0.158. The van der Waals surface area contributed by atoms with Crippen molar-refractivity contribution >= 4 is 11.7 Å². The monoisotopic (exact) mass is 284 g/mol. The van der Waals surface area contributed by atoms with Gasteiger partial charge in [-0.3, -0.25) is 0 Å². The van der Waals surface area contributed by atoms with E-state index in [0.717, 1.165) is 17.0 Å². The van der Waals surface area contributed by atoms with Crippen LogP contribution in [0.5, 0.6) is 5.75 Å². The molecule has 0 unspecified atom stereocenters. The molecule has 0 fully saturated rings. The van der Waals surface area contributed by atoms with Crippen LogP contribution in [0.1, 0.15) is 19.4 Å². The Labute approximate surface area is 125 Å². The summed E-state index contributed by atoms with van der Waals surface area (Å²) in [6, 6.07) is 16.8. The number of hydrogen-bond acceptors (Lipinski definition) is 2. The summed E-state index contributed by atoms with van der Waals surface area (Å²) in [5, 5.41) is 5.59. The highest BCUT2D eigenvalue weighted by molar-refractivity contribution is 5.89. The molecular formula is C17H20N2O2. The van der Waals surface area contributed by atoms with Gasteiger partial charge in [-0.15, -0.1) is 0 Å². The molecule has 21 heavy (non-hydrogen) atoms. The number of benzene rings is 2. The van der Waals surface area contributed by atoms with Crippen LogP contribution in [0.15, 0.2) is 54.6 Å². The SMILES string of the molecule is CC(C)Oc1ccc(CNC(=O)Nc2ccccc2)cc1. The van der Waals surface area contributed by atoms with Crippen LogP contribution in [0.25, 0.3) is 0 Å². The number of rotatable bonds is 5. The highest BCUT2D eigenvalue weighted by Gasteiger charge is 2.02. The quantitative estimate of drug-likeness (QED) is 0.877. The molecule has 2 N–H and O–H groups in total. The van der Waals surface area contributed by atoms with E-state index in [9.17, 15) is 4.79 Å². The van der Waals surface area contributed by atoms with Gasteiger partial charge in [0, 0.05) is 12.2 Å². The molecular weight excluding hydrogens is 264 g/mol. The van der Waals surface area contributed by atoms with Gasteiger partial charge in [0.15, 0.2) is 0 Å². The summed E-state index contributed by atoms with van der Waals surface area (Å²) in [7, 11) is 0. The molecule has 2 amide bonds. The third-order valence-corrected chi connectivity index (χ3v) is 2.78. The second-order valence-electron chi connectivity index (χ2n) is 4.98. The van der Waals surface area contributed by atoms with E-state index < -0.39 is 0 Å². The molecule has 0 atom stereocenters. The summed E-state index contributed by atoms with van der Waals surface area (Å²) in [4.78, 5) is 11.8. The number of ether oxygens (including phenoxy) is 1. The van der Waals surface area contributed by atoms with Gasteiger partial charge < -0.3 is 15.4 Å². The number of carbonyl (C=O) groups excluding carboxylic acids is 1. The van der Waals surface area contributed by atoms with Crippen molar-refractivity contribution in [3.63, 3.8) is 0 Å². The maximum absolute atomic E-state index is 11.8. The van der Waals surface area contributed by atoms with Crippen molar-refractivity contribution in [2.24, 2.45) is 0 Å². The summed E-state index contributed by atoms with van der Waals surface area (Å²) >= 11 is 0. The summed E-state index contributed by atoms with van der Waals surface area (Å²) in [5.41, 5.74) is 1.80. The smallest absolute Gasteiger partial charge is 0.319 e. The van der Waals surface area contributed by atoms with E-state index in [1.165, 1.54) is 0 Å². The lowest BCUT2D eigenvalue weighted by Gasteiger charge is -2.11. The maximum atomic E-state index is 11.8. The molecule has 2 rings (SSSR count). The molecule has 4 heteroatoms. The topological polar surface area (TPSA) is 50.4 Å². The largest absolute Gasteiger partial charge is 0.491 e. The lowest BCUT2D eigenvalue weighted by molar-refractivity contribution is 0.242. The third-order valence-electron chi connectivity index (χ3n) is 2.78. The first kappa shape index (κ1) is 14.9. The third kappa shape index (κ3) is 5.18. The molecule has 0 aliphatic carbocycles. The second-order valence-corrected chi connectivity index (χ2v) is 4.98. The van der Waals surface area contributed by atoms with Crippen LogP contribution < -0.4 is 15.4 Å². The Kier molecular flexibility index (Phi) is 5.21. The zero-order valence-electron chi connectivity index (χ0n) is 12.3. The minimum Gasteiger partial charge on any atom is -0.491 e. The molecule has 0 saturated heterocycles. The lowest BCUT2D eigenvalue weighted by Crippen LogP contribution is -2.28. The summed E-state index contributed by atoms with van der Waals surface area (Å²) < 4.78 is 5.57. The summed E-state index contributed by atoms with van der Waals surface area (Å²) in [5.74, 6) is 0.836. The minimum atomic E-state index is -0.219. The average molecular weight is 284 g/mol. The number of para-hydroxylation sites is 1. The average Bonchev–Trinajstić information content (AvgIpc) is 2.47. The number of carbonyl (C=O) groups is 1. The number of amides is 2. The van der Waals surface area contributed by atoms with Gasteiger partial charge in [0.2, 0.25) is 0 Å². The van der Waals surface area contributed by atoms with Crippen LogP contribution in [0.2, 0.25) is 0 Å². The first-order valence-electron chi connectivity index (χ1n) is 6.99. The number of anilines is 1. The van der Waals surface area contributed by atoms with E-state index in [4.69, 9.17) is 4.74 Å². The Morgan fingerprint density at radius 1 is 1.05 bits per heavy atom. The Morgan fingerprint density at radius 3 is 2.33 bits per heavy atom. The fourth-order valence-corrected chi connectivity index (χ4v) is 1.84. The van der Waals surface area contributed by atoms with Crippen molar-refractivity contribution in [3.05, 3.63) is 60.2 Å². The van der Waals surface area contributed by atoms with Crippen LogP contribution >= 0.6 is 0 Å². The van der Waals surface area contributed by atoms with Crippen molar-refractivity contribution in [2.45, 2.75) is 26.5 Å². The van der Waals surface area contributed by atoms with Gasteiger partial charge in [-0.2, -0.15) is 0 Å². The molecule has 0 aliphatic rings. The van der Waals surface area contributed by atoms with Gasteiger partial charge in [0.25, 0.3) is 0 Å². The van der Waals surface area contributed by atoms with E-state index in [0.29, 0.717) is 6.54 Å². The van der Waals surface area contributed by atoms with Gasteiger partial charge >= 0.3 is 6.03 Å². The standard InChI is InChI=1S/C17H20N2O2/c1-13(2)21-16-10-8-14(9-11-16)12-18-17(20)19-15-6-4-3-5-7-15/h3-11,13H,12H2,1-2H3,(H2,18,19,20). The molecule has 4 nitrogen and oxygen atoms in total. The Balaban J connectivity index is 1.81. The van der Waals surface area contributed by atoms with Crippen molar-refractivity contribution in [2.75, 3.05) is 5.32 Å². The van der Waals surface area contributed by atoms with Crippen molar-refractivity contribution < 1.29 is 9.53 Å². The van der Waals surface area contributed by atoms with E-state index in [1.54, 1.807) is 0 Å². The molecule has 2 aromatic carbocycles. The molecule has 110 valence electrons. The predicted molar refractivity (Wildman–Crippen MR) is 84.5 cm³/mol. The fourth-order valence-electron chi connectivity index (χ4n) is 1.84. The number of hydrogen-bond donors (Lipinski definition) is 2. The normalized spacial score (nSPS) is 10.2. The van der Waals surface area contributed by atoms with Gasteiger partial charge in [-0.1, -0.05) is 30.3 Å². The van der Waals surface area contributed by atoms with E-state index in [2.05, 4.69) is 10.6 Å². The van der Waals surface area contributed by atoms with Gasteiger partial charge in [0.1, 0.15) is 5.75 Å². The Bertz CT molecular complexity index is 565. The van der Waals surface area contributed by atoms with Crippen molar-refractivity contribution in [1.82, 2.24) is 5.32 Å². The molecule has 0 bridgehead atoms. The Hall–Kier alpha value is -2.49. The number of nitrogens with one attached hydrogen (secondary N) is 2. The van der Waals surface area contributed by atoms with Gasteiger partial charge in [-0.05, 0) is 43.7 Å². The molecule has 0 saturated carbocycles. The predicted octanol–water partition coefficient (Wildman–Crippen LogP) is 3.80. The van der Waals surface area contributed by atoms with Gasteiger partial charge in [-0.25, -0.2) is 4.79 Å². The highest BCUT2D eigenvalue weighted by Crippen LogP contribution is 2.13. The van der Waals surface area contributed by atoms with Crippen LogP contribution in [0.4, 0.5) is 10.5 Å². The van der Waals surface area contributed by atoms with Crippen molar-refractivity contribution in [3.8, 4) is 5.75 Å². The maximum Gasteiger partial charge on any atom is 0.319 e. The molecule has 0 spiro atoms. The molecule has 0 radical (unpaired) electrons. The second kappa shape index (κ2) is 7.33. The van der Waals surface area contributed by atoms with Crippen LogP contribution in [0.3, 0.4) is 0 Å². The fraction of sp³-hybridized carbons (Fsp3) is 0.235. The molecule has 0 aromatic heterocycles. The summed E-state index contributed by atoms with van der Waals surface area (Å²) in [6.45, 7) is 4.45. The zero-order valence-corrected chi connectivity index (χ0v) is 12.3. The molecule has 0 aliphatic heterocycles. The molecule has 2 aromatic rings. The molecule has 0 heterocycles. The Morgan fingerprint density at radius 2 is 1.71 bits per heavy atom. The van der Waals surface area contributed by atoms with Crippen LogP contribution in [-0.4, -0.2) is 12.1 Å². The van der Waals surface area contributed by atoms with Crippen LogP contribution in [0, 0.1) is 0 Å². The van der Waals surface area contributed by atoms with E-state index >= 15 is 0 Å². The van der Waals surface area contributed by atoms with Crippen LogP contribution in [-0.2, 0) is 6.54 Å². The van der Waals surface area contributed by atoms with E-state index in [1.807, 2.05) is 68.4 Å². The number of urea groups is 1. The van der Waals surface area contributed by atoms with Gasteiger partial charge in [0.05, 0.1) is 6.10 Å². The summed E-state index contributed by atoms with van der Waals surface area (Å²) in [6.07, 6.45) is 0.158. The zero-order chi connectivity index (χ0) is 15.1. The first-order valence-corrected chi connectivity index (χ1v) is 6.99. The first-order chi connectivity index (χ1) is 10.1. The highest BCUT2D eigenvalue weighted by atomic mass is 16.5. The van der Waals surface area contributed by atoms with Crippen molar-refractivity contribution in [1.29, 1.82) is 0 Å². The lowest BCUT2D eigenvalue weighted by atomic mass is 10.2. The van der Waals surface area contributed by atoms with E-state index in [-0.39, 0.29) is 12.1 Å².